The molecule has 0 atom stereocenters. The Balaban J connectivity index is 1.91. The van der Waals surface area contributed by atoms with Crippen molar-refractivity contribution in [1.82, 2.24) is 15.1 Å². The number of carbonyl (C=O) groups excluding carboxylic acids is 2. The molecule has 9 heteroatoms. The highest BCUT2D eigenvalue weighted by atomic mass is 16.6. The molecule has 1 fully saturated rings. The van der Waals surface area contributed by atoms with Crippen LogP contribution in [0.15, 0.2) is 24.3 Å². The SMILES string of the molecule is CC(C)NC(=O)CN1CCCN(C(=O)Nc2ccccc2[N+](=O)[O-])CC1. The standard InChI is InChI=1S/C17H25N5O4/c1-13(2)18-16(23)12-20-8-5-9-21(11-10-20)17(24)19-14-6-3-4-7-15(14)22(25)26/h3-4,6-7,13H,5,8-12H2,1-2H3,(H,18,23)(H,19,24). The molecule has 2 rings (SSSR count). The summed E-state index contributed by atoms with van der Waals surface area (Å²) in [6.45, 7) is 6.43. The normalized spacial score (nSPS) is 15.4. The number of urea groups is 1. The molecule has 1 aromatic carbocycles. The summed E-state index contributed by atoms with van der Waals surface area (Å²) >= 11 is 0. The first kappa shape index (κ1) is 19.6. The van der Waals surface area contributed by atoms with Gasteiger partial charge in [-0.1, -0.05) is 12.1 Å². The molecule has 0 aliphatic carbocycles. The number of nitrogens with zero attached hydrogens (tertiary/aromatic N) is 3. The molecule has 3 amide bonds. The van der Waals surface area contributed by atoms with Crippen molar-refractivity contribution < 1.29 is 14.5 Å². The van der Waals surface area contributed by atoms with Crippen LogP contribution in [0.25, 0.3) is 0 Å². The Labute approximate surface area is 152 Å². The lowest BCUT2D eigenvalue weighted by molar-refractivity contribution is -0.383. The first-order valence-corrected chi connectivity index (χ1v) is 8.68. The van der Waals surface area contributed by atoms with Gasteiger partial charge in [0.15, 0.2) is 0 Å². The minimum atomic E-state index is -0.521. The van der Waals surface area contributed by atoms with Gasteiger partial charge in [-0.3, -0.25) is 19.8 Å². The van der Waals surface area contributed by atoms with Gasteiger partial charge in [0, 0.05) is 38.3 Å². The number of anilines is 1. The van der Waals surface area contributed by atoms with E-state index in [2.05, 4.69) is 10.6 Å². The quantitative estimate of drug-likeness (QED) is 0.611. The lowest BCUT2D eigenvalue weighted by atomic mass is 10.2. The molecule has 26 heavy (non-hydrogen) atoms. The van der Waals surface area contributed by atoms with Crippen LogP contribution >= 0.6 is 0 Å². The number of rotatable bonds is 5. The molecule has 0 bridgehead atoms. The van der Waals surface area contributed by atoms with Gasteiger partial charge in [0.2, 0.25) is 5.91 Å². The van der Waals surface area contributed by atoms with Crippen LogP contribution in [0.3, 0.4) is 0 Å². The van der Waals surface area contributed by atoms with Crippen molar-refractivity contribution in [3.8, 4) is 0 Å². The summed E-state index contributed by atoms with van der Waals surface area (Å²) in [6, 6.07) is 5.79. The summed E-state index contributed by atoms with van der Waals surface area (Å²) in [5.41, 5.74) is 0.0440. The van der Waals surface area contributed by atoms with Crippen molar-refractivity contribution in [3.63, 3.8) is 0 Å². The van der Waals surface area contributed by atoms with E-state index < -0.39 is 4.92 Å². The van der Waals surface area contributed by atoms with E-state index in [0.717, 1.165) is 13.0 Å². The summed E-state index contributed by atoms with van der Waals surface area (Å²) in [6.07, 6.45) is 0.735. The van der Waals surface area contributed by atoms with Gasteiger partial charge in [0.25, 0.3) is 5.69 Å². The lowest BCUT2D eigenvalue weighted by Gasteiger charge is -2.22. The van der Waals surface area contributed by atoms with Gasteiger partial charge >= 0.3 is 6.03 Å². The van der Waals surface area contributed by atoms with Crippen LogP contribution in [-0.2, 0) is 4.79 Å². The second-order valence-corrected chi connectivity index (χ2v) is 6.54. The predicted molar refractivity (Wildman–Crippen MR) is 98.0 cm³/mol. The fourth-order valence-corrected chi connectivity index (χ4v) is 2.84. The van der Waals surface area contributed by atoms with Gasteiger partial charge in [0.05, 0.1) is 11.5 Å². The number of nitro groups is 1. The lowest BCUT2D eigenvalue weighted by Crippen LogP contribution is -2.42. The Morgan fingerprint density at radius 1 is 1.19 bits per heavy atom. The molecule has 1 saturated heterocycles. The van der Waals surface area contributed by atoms with E-state index >= 15 is 0 Å². The van der Waals surface area contributed by atoms with Crippen LogP contribution in [-0.4, -0.2) is 65.4 Å². The van der Waals surface area contributed by atoms with E-state index in [4.69, 9.17) is 0 Å². The first-order valence-electron chi connectivity index (χ1n) is 8.68. The number of nitro benzene ring substituents is 1. The van der Waals surface area contributed by atoms with Gasteiger partial charge < -0.3 is 15.5 Å². The van der Waals surface area contributed by atoms with Gasteiger partial charge in [-0.05, 0) is 26.3 Å². The smallest absolute Gasteiger partial charge is 0.322 e. The molecule has 1 aromatic rings. The number of carbonyl (C=O) groups is 2. The van der Waals surface area contributed by atoms with Crippen LogP contribution in [0.4, 0.5) is 16.2 Å². The van der Waals surface area contributed by atoms with Crippen molar-refractivity contribution >= 4 is 23.3 Å². The summed E-state index contributed by atoms with van der Waals surface area (Å²) < 4.78 is 0. The van der Waals surface area contributed by atoms with Gasteiger partial charge in [-0.2, -0.15) is 0 Å². The zero-order chi connectivity index (χ0) is 19.1. The Bertz CT molecular complexity index is 664. The Morgan fingerprint density at radius 2 is 1.92 bits per heavy atom. The Morgan fingerprint density at radius 3 is 2.62 bits per heavy atom. The zero-order valence-electron chi connectivity index (χ0n) is 15.1. The third-order valence-corrected chi connectivity index (χ3v) is 4.03. The molecule has 0 radical (unpaired) electrons. The minimum absolute atomic E-state index is 0.0298. The van der Waals surface area contributed by atoms with Crippen molar-refractivity contribution in [2.45, 2.75) is 26.3 Å². The third kappa shape index (κ3) is 5.69. The average Bonchev–Trinajstić information content (AvgIpc) is 2.80. The van der Waals surface area contributed by atoms with Crippen LogP contribution in [0.2, 0.25) is 0 Å². The molecule has 142 valence electrons. The molecule has 1 aliphatic rings. The van der Waals surface area contributed by atoms with Crippen LogP contribution in [0, 0.1) is 10.1 Å². The molecule has 0 spiro atoms. The minimum Gasteiger partial charge on any atom is -0.353 e. The topological polar surface area (TPSA) is 108 Å². The highest BCUT2D eigenvalue weighted by Crippen LogP contribution is 2.23. The van der Waals surface area contributed by atoms with Crippen LogP contribution < -0.4 is 10.6 Å². The van der Waals surface area contributed by atoms with Gasteiger partial charge in [-0.25, -0.2) is 4.79 Å². The van der Waals surface area contributed by atoms with Crippen LogP contribution in [0.5, 0.6) is 0 Å². The highest BCUT2D eigenvalue weighted by Gasteiger charge is 2.22. The van der Waals surface area contributed by atoms with Gasteiger partial charge in [-0.15, -0.1) is 0 Å². The number of amides is 3. The maximum absolute atomic E-state index is 12.5. The van der Waals surface area contributed by atoms with Crippen molar-refractivity contribution in [3.05, 3.63) is 34.4 Å². The average molecular weight is 363 g/mol. The van der Waals surface area contributed by atoms with E-state index in [0.29, 0.717) is 26.2 Å². The summed E-state index contributed by atoms with van der Waals surface area (Å²) in [7, 11) is 0. The summed E-state index contributed by atoms with van der Waals surface area (Å²) in [5.74, 6) is -0.0298. The van der Waals surface area contributed by atoms with E-state index in [1.54, 1.807) is 17.0 Å². The molecule has 2 N–H and O–H groups in total. The number of para-hydroxylation sites is 2. The zero-order valence-corrected chi connectivity index (χ0v) is 15.1. The van der Waals surface area contributed by atoms with Crippen molar-refractivity contribution in [2.75, 3.05) is 38.0 Å². The van der Waals surface area contributed by atoms with E-state index in [-0.39, 0.29) is 29.4 Å². The molecule has 1 aliphatic heterocycles. The van der Waals surface area contributed by atoms with Crippen molar-refractivity contribution in [2.24, 2.45) is 0 Å². The number of benzene rings is 1. The molecule has 1 heterocycles. The molecule has 9 nitrogen and oxygen atoms in total. The second-order valence-electron chi connectivity index (χ2n) is 6.54. The largest absolute Gasteiger partial charge is 0.353 e. The van der Waals surface area contributed by atoms with E-state index in [9.17, 15) is 19.7 Å². The monoisotopic (exact) mass is 363 g/mol. The van der Waals surface area contributed by atoms with Crippen molar-refractivity contribution in [1.29, 1.82) is 0 Å². The predicted octanol–water partition coefficient (Wildman–Crippen LogP) is 1.66. The maximum Gasteiger partial charge on any atom is 0.322 e. The first-order chi connectivity index (χ1) is 12.4. The fraction of sp³-hybridized carbons (Fsp3) is 0.529. The summed E-state index contributed by atoms with van der Waals surface area (Å²) in [5, 5.41) is 16.5. The fourth-order valence-electron chi connectivity index (χ4n) is 2.84. The molecular weight excluding hydrogens is 338 g/mol. The second kappa shape index (κ2) is 9.14. The maximum atomic E-state index is 12.5. The number of hydrogen-bond acceptors (Lipinski definition) is 5. The molecule has 0 unspecified atom stereocenters. The molecular formula is C17H25N5O4. The van der Waals surface area contributed by atoms with E-state index in [1.165, 1.54) is 12.1 Å². The molecule has 0 aromatic heterocycles. The molecule has 0 saturated carbocycles. The van der Waals surface area contributed by atoms with Crippen LogP contribution in [0.1, 0.15) is 20.3 Å². The van der Waals surface area contributed by atoms with E-state index in [1.807, 2.05) is 18.7 Å². The number of hydrogen-bond donors (Lipinski definition) is 2. The highest BCUT2D eigenvalue weighted by molar-refractivity contribution is 5.91. The Kier molecular flexibility index (Phi) is 6.90. The Hall–Kier alpha value is -2.68. The third-order valence-electron chi connectivity index (χ3n) is 4.03. The number of nitrogens with one attached hydrogen (secondary N) is 2. The summed E-state index contributed by atoms with van der Waals surface area (Å²) in [4.78, 5) is 38.5. The van der Waals surface area contributed by atoms with Gasteiger partial charge in [0.1, 0.15) is 5.69 Å².